The van der Waals surface area contributed by atoms with Gasteiger partial charge in [-0.25, -0.2) is 0 Å². The Hall–Kier alpha value is -3.60. The minimum Gasteiger partial charge on any atom is -0.497 e. The van der Waals surface area contributed by atoms with Gasteiger partial charge in [0.05, 0.1) is 7.11 Å². The number of rotatable bonds is 7. The lowest BCUT2D eigenvalue weighted by atomic mass is 10.2. The molecule has 0 spiro atoms. The van der Waals surface area contributed by atoms with Crippen LogP contribution in [0.5, 0.6) is 11.5 Å². The van der Waals surface area contributed by atoms with Crippen LogP contribution >= 0.6 is 0 Å². The zero-order valence-corrected chi connectivity index (χ0v) is 15.0. The van der Waals surface area contributed by atoms with E-state index < -0.39 is 0 Å². The molecule has 1 aromatic heterocycles. The third kappa shape index (κ3) is 5.71. The highest BCUT2D eigenvalue weighted by molar-refractivity contribution is 6.02. The molecule has 2 aromatic carbocycles. The number of ether oxygens (including phenoxy) is 2. The molecule has 0 aliphatic heterocycles. The molecule has 136 valence electrons. The number of nitrogens with zero attached hydrogens (tertiary/aromatic N) is 1. The molecule has 0 aliphatic rings. The van der Waals surface area contributed by atoms with E-state index in [0.717, 1.165) is 16.9 Å². The molecule has 5 heteroatoms. The highest BCUT2D eigenvalue weighted by Gasteiger charge is 2.01. The zero-order chi connectivity index (χ0) is 18.9. The first-order valence-corrected chi connectivity index (χ1v) is 8.48. The van der Waals surface area contributed by atoms with Crippen molar-refractivity contribution >= 4 is 17.7 Å². The summed E-state index contributed by atoms with van der Waals surface area (Å²) >= 11 is 0. The maximum atomic E-state index is 12.2. The Kier molecular flexibility index (Phi) is 6.20. The SMILES string of the molecule is COc1cccc(C=CC(=O)Nc2cccc(OCc3cccnc3)c2)c1. The number of methoxy groups -OCH3 is 1. The van der Waals surface area contributed by atoms with Gasteiger partial charge in [-0.1, -0.05) is 24.3 Å². The molecule has 0 saturated carbocycles. The minimum atomic E-state index is -0.220. The van der Waals surface area contributed by atoms with Gasteiger partial charge in [0.25, 0.3) is 0 Å². The average molecular weight is 360 g/mol. The van der Waals surface area contributed by atoms with Gasteiger partial charge in [0.15, 0.2) is 0 Å². The molecule has 1 amide bonds. The van der Waals surface area contributed by atoms with Gasteiger partial charge in [-0.2, -0.15) is 0 Å². The summed E-state index contributed by atoms with van der Waals surface area (Å²) in [6, 6.07) is 18.6. The molecular formula is C22H20N2O3. The first-order valence-electron chi connectivity index (χ1n) is 8.48. The van der Waals surface area contributed by atoms with Gasteiger partial charge in [0, 0.05) is 35.8 Å². The van der Waals surface area contributed by atoms with E-state index >= 15 is 0 Å². The van der Waals surface area contributed by atoms with Crippen LogP contribution < -0.4 is 14.8 Å². The summed E-state index contributed by atoms with van der Waals surface area (Å²) in [6.45, 7) is 0.418. The zero-order valence-electron chi connectivity index (χ0n) is 15.0. The number of carbonyl (C=O) groups excluding carboxylic acids is 1. The van der Waals surface area contributed by atoms with E-state index in [1.54, 1.807) is 31.6 Å². The summed E-state index contributed by atoms with van der Waals surface area (Å²) in [5.41, 5.74) is 2.53. The van der Waals surface area contributed by atoms with Crippen molar-refractivity contribution in [3.05, 3.63) is 90.3 Å². The van der Waals surface area contributed by atoms with Crippen LogP contribution in [-0.2, 0) is 11.4 Å². The lowest BCUT2D eigenvalue weighted by molar-refractivity contribution is -0.111. The Labute approximate surface area is 158 Å². The molecular weight excluding hydrogens is 340 g/mol. The molecule has 5 nitrogen and oxygen atoms in total. The van der Waals surface area contributed by atoms with Crippen LogP contribution in [-0.4, -0.2) is 18.0 Å². The summed E-state index contributed by atoms with van der Waals surface area (Å²) in [5.74, 6) is 1.20. The van der Waals surface area contributed by atoms with Crippen LogP contribution in [0.15, 0.2) is 79.1 Å². The van der Waals surface area contributed by atoms with Gasteiger partial charge in [-0.05, 0) is 42.0 Å². The molecule has 1 N–H and O–H groups in total. The van der Waals surface area contributed by atoms with Crippen molar-refractivity contribution in [1.29, 1.82) is 0 Å². The van der Waals surface area contributed by atoms with Gasteiger partial charge in [0.1, 0.15) is 18.1 Å². The summed E-state index contributed by atoms with van der Waals surface area (Å²) in [6.07, 6.45) is 6.70. The van der Waals surface area contributed by atoms with Crippen LogP contribution in [0.25, 0.3) is 6.08 Å². The van der Waals surface area contributed by atoms with Gasteiger partial charge in [-0.3, -0.25) is 9.78 Å². The van der Waals surface area contributed by atoms with Crippen molar-refractivity contribution in [3.63, 3.8) is 0 Å². The number of benzene rings is 2. The van der Waals surface area contributed by atoms with E-state index in [0.29, 0.717) is 18.0 Å². The van der Waals surface area contributed by atoms with Crippen LogP contribution in [0.2, 0.25) is 0 Å². The molecule has 27 heavy (non-hydrogen) atoms. The van der Waals surface area contributed by atoms with Crippen molar-refractivity contribution in [2.24, 2.45) is 0 Å². The molecule has 3 rings (SSSR count). The van der Waals surface area contributed by atoms with Gasteiger partial charge >= 0.3 is 0 Å². The van der Waals surface area contributed by atoms with E-state index in [4.69, 9.17) is 9.47 Å². The van der Waals surface area contributed by atoms with Gasteiger partial charge < -0.3 is 14.8 Å². The van der Waals surface area contributed by atoms with Crippen molar-refractivity contribution in [3.8, 4) is 11.5 Å². The van der Waals surface area contributed by atoms with E-state index in [1.807, 2.05) is 54.6 Å². The number of anilines is 1. The largest absolute Gasteiger partial charge is 0.497 e. The van der Waals surface area contributed by atoms with Crippen molar-refractivity contribution in [2.75, 3.05) is 12.4 Å². The average Bonchev–Trinajstić information content (AvgIpc) is 2.72. The van der Waals surface area contributed by atoms with Crippen molar-refractivity contribution < 1.29 is 14.3 Å². The normalized spacial score (nSPS) is 10.6. The smallest absolute Gasteiger partial charge is 0.248 e. The molecule has 0 radical (unpaired) electrons. The number of amides is 1. The summed E-state index contributed by atoms with van der Waals surface area (Å²) in [7, 11) is 1.61. The van der Waals surface area contributed by atoms with E-state index in [1.165, 1.54) is 6.08 Å². The second kappa shape index (κ2) is 9.20. The number of carbonyl (C=O) groups is 1. The molecule has 0 atom stereocenters. The molecule has 0 fully saturated rings. The fraction of sp³-hybridized carbons (Fsp3) is 0.0909. The van der Waals surface area contributed by atoms with Crippen molar-refractivity contribution in [2.45, 2.75) is 6.61 Å². The first kappa shape index (κ1) is 18.2. The molecule has 0 bridgehead atoms. The Balaban J connectivity index is 1.58. The van der Waals surface area contributed by atoms with Crippen LogP contribution in [0.1, 0.15) is 11.1 Å². The van der Waals surface area contributed by atoms with Gasteiger partial charge in [-0.15, -0.1) is 0 Å². The van der Waals surface area contributed by atoms with E-state index in [2.05, 4.69) is 10.3 Å². The van der Waals surface area contributed by atoms with Crippen LogP contribution in [0.3, 0.4) is 0 Å². The number of hydrogen-bond acceptors (Lipinski definition) is 4. The second-order valence-corrected chi connectivity index (χ2v) is 5.78. The van der Waals surface area contributed by atoms with Crippen LogP contribution in [0.4, 0.5) is 5.69 Å². The number of hydrogen-bond donors (Lipinski definition) is 1. The monoisotopic (exact) mass is 360 g/mol. The topological polar surface area (TPSA) is 60.5 Å². The summed E-state index contributed by atoms with van der Waals surface area (Å²) in [5, 5.41) is 2.83. The lowest BCUT2D eigenvalue weighted by Crippen LogP contribution is -2.07. The third-order valence-corrected chi connectivity index (χ3v) is 3.75. The number of aromatic nitrogens is 1. The standard InChI is InChI=1S/C22H20N2O3/c1-26-20-8-2-5-17(13-20)10-11-22(25)24-19-7-3-9-21(14-19)27-16-18-6-4-12-23-15-18/h2-15H,16H2,1H3,(H,24,25). The fourth-order valence-corrected chi connectivity index (χ4v) is 2.41. The predicted octanol–water partition coefficient (Wildman–Crippen LogP) is 4.32. The minimum absolute atomic E-state index is 0.220. The number of pyridine rings is 1. The highest BCUT2D eigenvalue weighted by Crippen LogP contribution is 2.19. The maximum absolute atomic E-state index is 12.2. The Morgan fingerprint density at radius 2 is 1.93 bits per heavy atom. The molecule has 3 aromatic rings. The number of nitrogens with one attached hydrogen (secondary N) is 1. The quantitative estimate of drug-likeness (QED) is 0.638. The third-order valence-electron chi connectivity index (χ3n) is 3.75. The maximum Gasteiger partial charge on any atom is 0.248 e. The summed E-state index contributed by atoms with van der Waals surface area (Å²) in [4.78, 5) is 16.2. The lowest BCUT2D eigenvalue weighted by Gasteiger charge is -2.08. The molecule has 0 aliphatic carbocycles. The molecule has 0 saturated heterocycles. The Morgan fingerprint density at radius 1 is 1.07 bits per heavy atom. The fourth-order valence-electron chi connectivity index (χ4n) is 2.41. The Morgan fingerprint density at radius 3 is 2.74 bits per heavy atom. The summed E-state index contributed by atoms with van der Waals surface area (Å²) < 4.78 is 10.9. The second-order valence-electron chi connectivity index (χ2n) is 5.78. The van der Waals surface area contributed by atoms with E-state index in [-0.39, 0.29) is 5.91 Å². The van der Waals surface area contributed by atoms with Gasteiger partial charge in [0.2, 0.25) is 5.91 Å². The Bertz CT molecular complexity index is 924. The van der Waals surface area contributed by atoms with Crippen molar-refractivity contribution in [1.82, 2.24) is 4.98 Å². The highest BCUT2D eigenvalue weighted by atomic mass is 16.5. The molecule has 1 heterocycles. The first-order chi connectivity index (χ1) is 13.2. The molecule has 0 unspecified atom stereocenters. The van der Waals surface area contributed by atoms with E-state index in [9.17, 15) is 4.79 Å². The van der Waals surface area contributed by atoms with Crippen LogP contribution in [0, 0.1) is 0 Å². The predicted molar refractivity (Wildman–Crippen MR) is 106 cm³/mol.